The Labute approximate surface area is 156 Å². The van der Waals surface area contributed by atoms with E-state index in [-0.39, 0.29) is 18.3 Å². The molecule has 1 aromatic carbocycles. The van der Waals surface area contributed by atoms with Gasteiger partial charge in [0.2, 0.25) is 5.91 Å². The molecule has 2 saturated heterocycles. The molecule has 25 heavy (non-hydrogen) atoms. The van der Waals surface area contributed by atoms with E-state index in [2.05, 4.69) is 5.32 Å². The molecule has 0 bridgehead atoms. The molecule has 0 aliphatic carbocycles. The van der Waals surface area contributed by atoms with Gasteiger partial charge in [0.05, 0.1) is 14.2 Å². The summed E-state index contributed by atoms with van der Waals surface area (Å²) in [5.41, 5.74) is 1.56. The summed E-state index contributed by atoms with van der Waals surface area (Å²) in [4.78, 5) is 14.6. The van der Waals surface area contributed by atoms with Crippen LogP contribution in [0.1, 0.15) is 31.2 Å². The molecule has 0 saturated carbocycles. The van der Waals surface area contributed by atoms with Crippen LogP contribution in [0.15, 0.2) is 18.2 Å². The molecule has 0 radical (unpaired) electrons. The Morgan fingerprint density at radius 1 is 1.16 bits per heavy atom. The molecule has 2 aliphatic heterocycles. The number of nitrogens with one attached hydrogen (secondary N) is 1. The summed E-state index contributed by atoms with van der Waals surface area (Å²) >= 11 is 0. The van der Waals surface area contributed by atoms with E-state index in [1.165, 1.54) is 6.42 Å². The zero-order valence-corrected chi connectivity index (χ0v) is 16.0. The highest BCUT2D eigenvalue weighted by Gasteiger charge is 2.37. The fourth-order valence-corrected chi connectivity index (χ4v) is 3.90. The average molecular weight is 369 g/mol. The van der Waals surface area contributed by atoms with Crippen LogP contribution < -0.4 is 14.8 Å². The predicted octanol–water partition coefficient (Wildman–Crippen LogP) is 2.66. The van der Waals surface area contributed by atoms with E-state index >= 15 is 0 Å². The quantitative estimate of drug-likeness (QED) is 0.868. The minimum Gasteiger partial charge on any atom is -0.493 e. The van der Waals surface area contributed by atoms with E-state index in [1.807, 2.05) is 23.1 Å². The van der Waals surface area contributed by atoms with Crippen LogP contribution in [0.3, 0.4) is 0 Å². The van der Waals surface area contributed by atoms with Crippen molar-refractivity contribution in [1.29, 1.82) is 0 Å². The number of ether oxygens (including phenoxy) is 2. The number of hydrogen-bond donors (Lipinski definition) is 1. The molecular formula is C19H29ClN2O3. The number of halogens is 1. The van der Waals surface area contributed by atoms with E-state index in [1.54, 1.807) is 14.2 Å². The molecule has 0 aromatic heterocycles. The zero-order chi connectivity index (χ0) is 17.0. The van der Waals surface area contributed by atoms with Crippen molar-refractivity contribution in [3.05, 3.63) is 23.8 Å². The lowest BCUT2D eigenvalue weighted by atomic mass is 9.78. The van der Waals surface area contributed by atoms with Gasteiger partial charge in [-0.3, -0.25) is 4.79 Å². The SMILES string of the molecule is COc1ccc(CCC(=O)N2CCC3(CCNC3)CC2)cc1OC.Cl. The lowest BCUT2D eigenvalue weighted by molar-refractivity contribution is -0.133. The van der Waals surface area contributed by atoms with Crippen molar-refractivity contribution in [1.82, 2.24) is 10.2 Å². The molecule has 0 atom stereocenters. The van der Waals surface area contributed by atoms with Gasteiger partial charge >= 0.3 is 0 Å². The second kappa shape index (κ2) is 8.77. The predicted molar refractivity (Wildman–Crippen MR) is 101 cm³/mol. The second-order valence-corrected chi connectivity index (χ2v) is 7.00. The third-order valence-electron chi connectivity index (χ3n) is 5.58. The molecular weight excluding hydrogens is 340 g/mol. The van der Waals surface area contributed by atoms with Crippen molar-refractivity contribution in [3.63, 3.8) is 0 Å². The Morgan fingerprint density at radius 2 is 1.88 bits per heavy atom. The number of piperidine rings is 1. The third-order valence-corrected chi connectivity index (χ3v) is 5.58. The summed E-state index contributed by atoms with van der Waals surface area (Å²) in [6.45, 7) is 4.08. The molecule has 1 N–H and O–H groups in total. The lowest BCUT2D eigenvalue weighted by Gasteiger charge is -2.39. The van der Waals surface area contributed by atoms with Crippen LogP contribution >= 0.6 is 12.4 Å². The number of rotatable bonds is 5. The van der Waals surface area contributed by atoms with Crippen molar-refractivity contribution in [2.24, 2.45) is 5.41 Å². The van der Waals surface area contributed by atoms with Gasteiger partial charge in [-0.1, -0.05) is 6.07 Å². The first-order valence-electron chi connectivity index (χ1n) is 8.85. The Morgan fingerprint density at radius 3 is 2.48 bits per heavy atom. The van der Waals surface area contributed by atoms with Gasteiger partial charge in [0.25, 0.3) is 0 Å². The fourth-order valence-electron chi connectivity index (χ4n) is 3.90. The van der Waals surface area contributed by atoms with E-state index in [9.17, 15) is 4.79 Å². The van der Waals surface area contributed by atoms with Crippen molar-refractivity contribution in [2.75, 3.05) is 40.4 Å². The Hall–Kier alpha value is -1.46. The molecule has 2 aliphatic rings. The smallest absolute Gasteiger partial charge is 0.222 e. The number of amides is 1. The number of likely N-dealkylation sites (tertiary alicyclic amines) is 1. The maximum absolute atomic E-state index is 12.5. The maximum Gasteiger partial charge on any atom is 0.222 e. The van der Waals surface area contributed by atoms with Gasteiger partial charge in [-0.2, -0.15) is 0 Å². The number of benzene rings is 1. The van der Waals surface area contributed by atoms with Crippen LogP contribution in [0, 0.1) is 5.41 Å². The number of nitrogens with zero attached hydrogens (tertiary/aromatic N) is 1. The highest BCUT2D eigenvalue weighted by atomic mass is 35.5. The van der Waals surface area contributed by atoms with E-state index in [4.69, 9.17) is 9.47 Å². The molecule has 2 heterocycles. The van der Waals surface area contributed by atoms with Crippen molar-refractivity contribution >= 4 is 18.3 Å². The molecule has 0 unspecified atom stereocenters. The van der Waals surface area contributed by atoms with E-state index in [0.29, 0.717) is 11.8 Å². The summed E-state index contributed by atoms with van der Waals surface area (Å²) < 4.78 is 10.6. The first-order valence-corrected chi connectivity index (χ1v) is 8.85. The lowest BCUT2D eigenvalue weighted by Crippen LogP contribution is -2.44. The van der Waals surface area contributed by atoms with E-state index < -0.39 is 0 Å². The zero-order valence-electron chi connectivity index (χ0n) is 15.2. The molecule has 1 spiro atoms. The van der Waals surface area contributed by atoms with E-state index in [0.717, 1.165) is 62.5 Å². The molecule has 140 valence electrons. The fraction of sp³-hybridized carbons (Fsp3) is 0.632. The Bertz CT molecular complexity index is 578. The first-order chi connectivity index (χ1) is 11.7. The topological polar surface area (TPSA) is 50.8 Å². The summed E-state index contributed by atoms with van der Waals surface area (Å²) in [7, 11) is 3.26. The summed E-state index contributed by atoms with van der Waals surface area (Å²) in [5.74, 6) is 1.71. The standard InChI is InChI=1S/C19H28N2O3.ClH/c1-23-16-5-3-15(13-17(16)24-2)4-6-18(22)21-11-8-19(9-12-21)7-10-20-14-19;/h3,5,13,20H,4,6-12,14H2,1-2H3;1H. The van der Waals surface area contributed by atoms with Crippen molar-refractivity contribution in [3.8, 4) is 11.5 Å². The molecule has 6 heteroatoms. The molecule has 2 fully saturated rings. The Kier molecular flexibility index (Phi) is 6.96. The van der Waals surface area contributed by atoms with Gasteiger partial charge in [-0.05, 0) is 55.3 Å². The van der Waals surface area contributed by atoms with Gasteiger partial charge in [-0.25, -0.2) is 0 Å². The molecule has 5 nitrogen and oxygen atoms in total. The summed E-state index contributed by atoms with van der Waals surface area (Å²) in [6.07, 6.45) is 4.84. The van der Waals surface area contributed by atoms with Crippen LogP contribution in [-0.4, -0.2) is 51.2 Å². The van der Waals surface area contributed by atoms with Crippen LogP contribution in [0.4, 0.5) is 0 Å². The van der Waals surface area contributed by atoms with Gasteiger partial charge in [0, 0.05) is 26.1 Å². The van der Waals surface area contributed by atoms with Crippen molar-refractivity contribution < 1.29 is 14.3 Å². The second-order valence-electron chi connectivity index (χ2n) is 7.00. The van der Waals surface area contributed by atoms with Gasteiger partial charge < -0.3 is 19.7 Å². The largest absolute Gasteiger partial charge is 0.493 e. The number of aryl methyl sites for hydroxylation is 1. The van der Waals surface area contributed by atoms with Crippen LogP contribution in [0.5, 0.6) is 11.5 Å². The number of carbonyl (C=O) groups is 1. The molecule has 3 rings (SSSR count). The van der Waals surface area contributed by atoms with Crippen LogP contribution in [0.25, 0.3) is 0 Å². The van der Waals surface area contributed by atoms with Gasteiger partial charge in [0.1, 0.15) is 0 Å². The summed E-state index contributed by atoms with van der Waals surface area (Å²) in [6, 6.07) is 5.86. The number of methoxy groups -OCH3 is 2. The third kappa shape index (κ3) is 4.59. The highest BCUT2D eigenvalue weighted by molar-refractivity contribution is 5.85. The molecule has 1 aromatic rings. The Balaban J connectivity index is 0.00000225. The normalized spacial score (nSPS) is 18.7. The number of hydrogen-bond acceptors (Lipinski definition) is 4. The maximum atomic E-state index is 12.5. The van der Waals surface area contributed by atoms with Crippen molar-refractivity contribution in [2.45, 2.75) is 32.1 Å². The number of carbonyl (C=O) groups excluding carboxylic acids is 1. The molecule has 1 amide bonds. The summed E-state index contributed by atoms with van der Waals surface area (Å²) in [5, 5.41) is 3.47. The van der Waals surface area contributed by atoms with Crippen LogP contribution in [0.2, 0.25) is 0 Å². The van der Waals surface area contributed by atoms with Gasteiger partial charge in [0.15, 0.2) is 11.5 Å². The minimum absolute atomic E-state index is 0. The van der Waals surface area contributed by atoms with Crippen LogP contribution in [-0.2, 0) is 11.2 Å². The monoisotopic (exact) mass is 368 g/mol. The first kappa shape index (κ1) is 19.9. The average Bonchev–Trinajstić information content (AvgIpc) is 3.08. The van der Waals surface area contributed by atoms with Gasteiger partial charge in [-0.15, -0.1) is 12.4 Å². The highest BCUT2D eigenvalue weighted by Crippen LogP contribution is 2.37. The minimum atomic E-state index is 0.